The van der Waals surface area contributed by atoms with Crippen molar-refractivity contribution in [2.45, 2.75) is 56.3 Å². The van der Waals surface area contributed by atoms with Gasteiger partial charge in [-0.25, -0.2) is 4.79 Å². The summed E-state index contributed by atoms with van der Waals surface area (Å²) in [6.45, 7) is 0.179. The minimum absolute atomic E-state index is 0.0438. The topological polar surface area (TPSA) is 244 Å². The number of nitrogens with zero attached hydrogens (tertiary/aromatic N) is 1. The summed E-state index contributed by atoms with van der Waals surface area (Å²) in [6.07, 6.45) is 1.41. The van der Waals surface area contributed by atoms with Crippen LogP contribution in [-0.2, 0) is 35.2 Å². The largest absolute Gasteiger partial charge is 0.480 e. The normalized spacial score (nSPS) is 17.4. The average molecular weight is 530 g/mol. The summed E-state index contributed by atoms with van der Waals surface area (Å²) in [5.74, 6) is -5.25. The third-order valence-corrected chi connectivity index (χ3v) is 6.33. The lowest BCUT2D eigenvalue weighted by atomic mass is 10.0. The molecule has 1 aliphatic heterocycles. The number of hydrogen-bond donors (Lipinski definition) is 7. The third-order valence-electron chi connectivity index (χ3n) is 6.33. The van der Waals surface area contributed by atoms with Crippen molar-refractivity contribution in [2.24, 2.45) is 17.2 Å². The van der Waals surface area contributed by atoms with Gasteiger partial charge in [0.25, 0.3) is 0 Å². The van der Waals surface area contributed by atoms with E-state index in [0.717, 1.165) is 16.5 Å². The highest BCUT2D eigenvalue weighted by Gasteiger charge is 2.39. The Morgan fingerprint density at radius 1 is 1.03 bits per heavy atom. The Labute approximate surface area is 217 Å². The van der Waals surface area contributed by atoms with Crippen LogP contribution in [0.3, 0.4) is 0 Å². The van der Waals surface area contributed by atoms with Crippen molar-refractivity contribution >= 4 is 46.4 Å². The zero-order chi connectivity index (χ0) is 28.0. The smallest absolute Gasteiger partial charge is 0.326 e. The molecule has 0 saturated carbocycles. The number of fused-ring (bicyclic) bond motifs is 1. The van der Waals surface area contributed by atoms with E-state index in [1.165, 1.54) is 4.90 Å². The quantitative estimate of drug-likeness (QED) is 0.159. The van der Waals surface area contributed by atoms with E-state index in [4.69, 9.17) is 17.2 Å². The number of nitrogens with two attached hydrogens (primary N) is 3. The molecule has 0 spiro atoms. The van der Waals surface area contributed by atoms with Gasteiger partial charge in [0.05, 0.1) is 18.9 Å². The van der Waals surface area contributed by atoms with Crippen molar-refractivity contribution in [1.29, 1.82) is 0 Å². The molecular formula is C24H31N7O7. The van der Waals surface area contributed by atoms with E-state index in [0.29, 0.717) is 6.42 Å². The summed E-state index contributed by atoms with van der Waals surface area (Å²) >= 11 is 0. The van der Waals surface area contributed by atoms with Crippen molar-refractivity contribution in [3.63, 3.8) is 0 Å². The monoisotopic (exact) mass is 529 g/mol. The van der Waals surface area contributed by atoms with Gasteiger partial charge in [0, 0.05) is 30.1 Å². The van der Waals surface area contributed by atoms with E-state index >= 15 is 0 Å². The molecule has 14 nitrogen and oxygen atoms in total. The molecule has 204 valence electrons. The minimum Gasteiger partial charge on any atom is -0.480 e. The fourth-order valence-corrected chi connectivity index (χ4v) is 4.48. The molecule has 1 saturated heterocycles. The Bertz CT molecular complexity index is 1240. The summed E-state index contributed by atoms with van der Waals surface area (Å²) in [7, 11) is 0. The Balaban J connectivity index is 1.84. The minimum atomic E-state index is -1.55. The number of aromatic nitrogens is 1. The van der Waals surface area contributed by atoms with Crippen molar-refractivity contribution < 1.29 is 33.9 Å². The number of H-pyrrole nitrogens is 1. The summed E-state index contributed by atoms with van der Waals surface area (Å²) in [4.78, 5) is 77.6. The molecule has 4 unspecified atom stereocenters. The van der Waals surface area contributed by atoms with Gasteiger partial charge in [0.15, 0.2) is 0 Å². The SMILES string of the molecule is NC(=O)CC(N)C(=O)NC(Cc1c[nH]c2ccccc12)C(=O)N1CCCC1C(=O)NC(CC(N)=O)C(=O)O. The summed E-state index contributed by atoms with van der Waals surface area (Å²) in [6, 6.07) is 2.34. The highest BCUT2D eigenvalue weighted by molar-refractivity contribution is 5.96. The average Bonchev–Trinajstić information content (AvgIpc) is 3.49. The van der Waals surface area contributed by atoms with E-state index in [-0.39, 0.29) is 19.4 Å². The molecule has 0 radical (unpaired) electrons. The number of carbonyl (C=O) groups is 6. The second-order valence-corrected chi connectivity index (χ2v) is 9.16. The predicted octanol–water partition coefficient (Wildman–Crippen LogP) is -2.17. The molecule has 5 amide bonds. The highest BCUT2D eigenvalue weighted by Crippen LogP contribution is 2.23. The summed E-state index contributed by atoms with van der Waals surface area (Å²) in [5.41, 5.74) is 17.5. The number of carboxylic acids is 1. The first kappa shape index (κ1) is 28.1. The number of benzene rings is 1. The Morgan fingerprint density at radius 2 is 1.71 bits per heavy atom. The summed E-state index contributed by atoms with van der Waals surface area (Å²) < 4.78 is 0. The van der Waals surface area contributed by atoms with Gasteiger partial charge < -0.3 is 42.8 Å². The van der Waals surface area contributed by atoms with Crippen LogP contribution in [0.15, 0.2) is 30.5 Å². The van der Waals surface area contributed by atoms with Crippen LogP contribution in [-0.4, -0.2) is 81.2 Å². The van der Waals surface area contributed by atoms with Crippen molar-refractivity contribution in [3.8, 4) is 0 Å². The molecule has 1 aliphatic rings. The van der Waals surface area contributed by atoms with Crippen LogP contribution in [0.5, 0.6) is 0 Å². The van der Waals surface area contributed by atoms with Gasteiger partial charge in [-0.15, -0.1) is 0 Å². The highest BCUT2D eigenvalue weighted by atomic mass is 16.4. The van der Waals surface area contributed by atoms with E-state index in [1.54, 1.807) is 6.20 Å². The van der Waals surface area contributed by atoms with E-state index < -0.39 is 72.5 Å². The molecule has 10 N–H and O–H groups in total. The molecule has 0 aliphatic carbocycles. The molecule has 1 aromatic heterocycles. The lowest BCUT2D eigenvalue weighted by Gasteiger charge is -2.30. The van der Waals surface area contributed by atoms with Crippen LogP contribution in [0.1, 0.15) is 31.2 Å². The third kappa shape index (κ3) is 6.85. The van der Waals surface area contributed by atoms with Gasteiger partial charge >= 0.3 is 5.97 Å². The molecule has 38 heavy (non-hydrogen) atoms. The standard InChI is InChI=1S/C24H31N7O7/c25-14(9-19(26)32)21(34)29-16(8-12-11-28-15-5-2-1-4-13(12)15)23(36)31-7-3-6-18(31)22(35)30-17(24(37)38)10-20(27)33/h1-2,4-5,11,14,16-18,28H,3,6-10,25H2,(H2,26,32)(H2,27,33)(H,29,34)(H,30,35)(H,37,38). The molecule has 0 bridgehead atoms. The second kappa shape index (κ2) is 12.2. The van der Waals surface area contributed by atoms with Gasteiger partial charge in [-0.3, -0.25) is 24.0 Å². The van der Waals surface area contributed by atoms with Gasteiger partial charge in [-0.1, -0.05) is 18.2 Å². The Kier molecular flexibility index (Phi) is 9.02. The van der Waals surface area contributed by atoms with E-state index in [1.807, 2.05) is 24.3 Å². The number of hydrogen-bond acceptors (Lipinski definition) is 7. The lowest BCUT2D eigenvalue weighted by Crippen LogP contribution is -2.57. The fourth-order valence-electron chi connectivity index (χ4n) is 4.48. The van der Waals surface area contributed by atoms with Gasteiger partial charge in [-0.2, -0.15) is 0 Å². The molecule has 4 atom stereocenters. The van der Waals surface area contributed by atoms with Crippen molar-refractivity contribution in [2.75, 3.05) is 6.54 Å². The van der Waals surface area contributed by atoms with Crippen LogP contribution in [0, 0.1) is 0 Å². The first-order valence-corrected chi connectivity index (χ1v) is 12.0. The first-order valence-electron chi connectivity index (χ1n) is 12.0. The van der Waals surface area contributed by atoms with E-state index in [9.17, 15) is 33.9 Å². The Hall–Kier alpha value is -4.46. The molecule has 1 fully saturated rings. The zero-order valence-electron chi connectivity index (χ0n) is 20.5. The second-order valence-electron chi connectivity index (χ2n) is 9.16. The number of nitrogens with one attached hydrogen (secondary N) is 3. The predicted molar refractivity (Wildman–Crippen MR) is 134 cm³/mol. The Morgan fingerprint density at radius 3 is 2.37 bits per heavy atom. The molecule has 2 aromatic rings. The van der Waals surface area contributed by atoms with Crippen LogP contribution in [0.4, 0.5) is 0 Å². The number of primary amides is 2. The van der Waals surface area contributed by atoms with Gasteiger partial charge in [0.2, 0.25) is 29.5 Å². The molecular weight excluding hydrogens is 498 g/mol. The number of aromatic amines is 1. The number of amides is 5. The first-order chi connectivity index (χ1) is 18.0. The number of carbonyl (C=O) groups excluding carboxylic acids is 5. The number of aliphatic carboxylic acids is 1. The van der Waals surface area contributed by atoms with Crippen molar-refractivity contribution in [1.82, 2.24) is 20.5 Å². The summed E-state index contributed by atoms with van der Waals surface area (Å²) in [5, 5.41) is 15.0. The van der Waals surface area contributed by atoms with Crippen LogP contribution in [0.2, 0.25) is 0 Å². The van der Waals surface area contributed by atoms with Gasteiger partial charge in [-0.05, 0) is 24.5 Å². The molecule has 2 heterocycles. The number of carboxylic acid groups (broad SMARTS) is 1. The molecule has 3 rings (SSSR count). The van der Waals surface area contributed by atoms with Crippen LogP contribution >= 0.6 is 0 Å². The zero-order valence-corrected chi connectivity index (χ0v) is 20.5. The van der Waals surface area contributed by atoms with Gasteiger partial charge in [0.1, 0.15) is 18.1 Å². The van der Waals surface area contributed by atoms with Crippen LogP contribution in [0.25, 0.3) is 10.9 Å². The maximum absolute atomic E-state index is 13.7. The molecule has 14 heteroatoms. The lowest BCUT2D eigenvalue weighted by molar-refractivity contribution is -0.145. The maximum atomic E-state index is 13.7. The maximum Gasteiger partial charge on any atom is 0.326 e. The van der Waals surface area contributed by atoms with Crippen molar-refractivity contribution in [3.05, 3.63) is 36.0 Å². The number of para-hydroxylation sites is 1. The number of rotatable bonds is 12. The number of likely N-dealkylation sites (tertiary alicyclic amines) is 1. The van der Waals surface area contributed by atoms with E-state index in [2.05, 4.69) is 15.6 Å². The molecule has 1 aromatic carbocycles. The van der Waals surface area contributed by atoms with Crippen LogP contribution < -0.4 is 27.8 Å². The fraction of sp³-hybridized carbons (Fsp3) is 0.417.